The van der Waals surface area contributed by atoms with Gasteiger partial charge >= 0.3 is 25.7 Å². The van der Waals surface area contributed by atoms with Gasteiger partial charge in [0, 0.05) is 24.3 Å². The molecular weight excluding hydrogens is 456 g/mol. The van der Waals surface area contributed by atoms with Crippen molar-refractivity contribution in [1.29, 1.82) is 0 Å². The van der Waals surface area contributed by atoms with E-state index in [4.69, 9.17) is 0 Å². The topological polar surface area (TPSA) is 65.7 Å². The number of alkyl halides is 3. The van der Waals surface area contributed by atoms with Crippen molar-refractivity contribution in [3.8, 4) is 22.8 Å². The van der Waals surface area contributed by atoms with E-state index in [2.05, 4.69) is 25.1 Å². The number of rotatable bonds is 2. The van der Waals surface area contributed by atoms with Crippen LogP contribution in [0.15, 0.2) is 79.3 Å². The standard InChI is InChI=1S/C10H8N2.C9H5F3N3.Ru/c1-3-7-11-9(5-1)10-6-2-4-8-12-10;10-9(11,12)8-5-7(14-15-8)6-3-1-2-4-13-6;/h1-8H;1-5H;/q;-1;+1. The van der Waals surface area contributed by atoms with Crippen molar-refractivity contribution in [1.82, 2.24) is 25.1 Å². The molecule has 4 rings (SSSR count). The first-order valence-electron chi connectivity index (χ1n) is 7.85. The number of nitrogens with zero attached hydrogens (tertiary/aromatic N) is 5. The molecule has 9 heteroatoms. The number of hydrogen-bond donors (Lipinski definition) is 0. The molecule has 4 aromatic heterocycles. The fourth-order valence-electron chi connectivity index (χ4n) is 2.10. The SMILES string of the molecule is FC(F)(F)c1cc(-c2ccccn2)[n-]n1.[Ru+].c1ccc(-c2ccccn2)nc1. The van der Waals surface area contributed by atoms with Gasteiger partial charge in [0.15, 0.2) is 0 Å². The molecule has 0 aliphatic rings. The third kappa shape index (κ3) is 5.79. The number of aromatic nitrogens is 5. The molecule has 0 bridgehead atoms. The van der Waals surface area contributed by atoms with Gasteiger partial charge in [-0.2, -0.15) is 13.2 Å². The summed E-state index contributed by atoms with van der Waals surface area (Å²) in [4.78, 5) is 12.2. The summed E-state index contributed by atoms with van der Waals surface area (Å²) < 4.78 is 36.6. The first-order valence-corrected chi connectivity index (χ1v) is 7.85. The molecule has 0 amide bonds. The Hall–Kier alpha value is -2.93. The quantitative estimate of drug-likeness (QED) is 0.411. The van der Waals surface area contributed by atoms with Crippen molar-refractivity contribution in [2.75, 3.05) is 0 Å². The van der Waals surface area contributed by atoms with Gasteiger partial charge in [0.2, 0.25) is 0 Å². The molecule has 0 atom stereocenters. The van der Waals surface area contributed by atoms with Gasteiger partial charge in [-0.1, -0.05) is 23.9 Å². The molecule has 28 heavy (non-hydrogen) atoms. The van der Waals surface area contributed by atoms with Crippen LogP contribution in [0.25, 0.3) is 22.8 Å². The van der Waals surface area contributed by atoms with Crippen LogP contribution in [-0.2, 0) is 25.7 Å². The molecule has 4 heterocycles. The Morgan fingerprint density at radius 2 is 1.14 bits per heavy atom. The normalized spacial score (nSPS) is 10.4. The monoisotopic (exact) mass is 470 g/mol. The molecule has 0 spiro atoms. The molecule has 0 fully saturated rings. The van der Waals surface area contributed by atoms with Crippen molar-refractivity contribution in [3.63, 3.8) is 0 Å². The van der Waals surface area contributed by atoms with E-state index in [1.54, 1.807) is 30.6 Å². The fraction of sp³-hybridized carbons (Fsp3) is 0.0526. The van der Waals surface area contributed by atoms with Gasteiger partial charge in [-0.25, -0.2) is 0 Å². The smallest absolute Gasteiger partial charge is 0.573 e. The van der Waals surface area contributed by atoms with Crippen LogP contribution in [0.2, 0.25) is 0 Å². The molecule has 1 radical (unpaired) electrons. The average molecular weight is 469 g/mol. The number of pyridine rings is 3. The predicted octanol–water partition coefficient (Wildman–Crippen LogP) is 4.26. The Kier molecular flexibility index (Phi) is 7.52. The largest absolute Gasteiger partial charge is 1.00 e. The second kappa shape index (κ2) is 9.85. The van der Waals surface area contributed by atoms with E-state index in [9.17, 15) is 13.2 Å². The van der Waals surface area contributed by atoms with Gasteiger partial charge in [-0.15, -0.1) is 0 Å². The van der Waals surface area contributed by atoms with E-state index in [1.165, 1.54) is 6.20 Å². The van der Waals surface area contributed by atoms with Crippen LogP contribution < -0.4 is 5.10 Å². The summed E-state index contributed by atoms with van der Waals surface area (Å²) in [5.41, 5.74) is 1.34. The van der Waals surface area contributed by atoms with Gasteiger partial charge < -0.3 is 10.2 Å². The molecule has 0 saturated heterocycles. The minimum Gasteiger partial charge on any atom is -0.573 e. The minimum atomic E-state index is -4.46. The Morgan fingerprint density at radius 1 is 0.679 bits per heavy atom. The van der Waals surface area contributed by atoms with Gasteiger partial charge in [0.25, 0.3) is 0 Å². The molecule has 0 aliphatic heterocycles. The first kappa shape index (κ1) is 21.4. The maximum atomic E-state index is 12.2. The Bertz CT molecular complexity index is 924. The zero-order valence-corrected chi connectivity index (χ0v) is 16.0. The Labute approximate surface area is 171 Å². The molecule has 0 saturated carbocycles. The Morgan fingerprint density at radius 3 is 1.50 bits per heavy atom. The molecule has 5 nitrogen and oxygen atoms in total. The molecular formula is C19H13F3N5Ru. The third-order valence-electron chi connectivity index (χ3n) is 3.35. The zero-order valence-electron chi connectivity index (χ0n) is 14.2. The second-order valence-corrected chi connectivity index (χ2v) is 5.26. The summed E-state index contributed by atoms with van der Waals surface area (Å²) in [6, 6.07) is 17.4. The van der Waals surface area contributed by atoms with E-state index < -0.39 is 11.9 Å². The van der Waals surface area contributed by atoms with E-state index in [1.807, 2.05) is 36.4 Å². The number of halogens is 3. The maximum Gasteiger partial charge on any atom is 1.00 e. The second-order valence-electron chi connectivity index (χ2n) is 5.26. The summed E-state index contributed by atoms with van der Waals surface area (Å²) in [7, 11) is 0. The molecule has 0 aliphatic carbocycles. The van der Waals surface area contributed by atoms with Gasteiger partial charge in [0.1, 0.15) is 5.69 Å². The van der Waals surface area contributed by atoms with Crippen molar-refractivity contribution in [2.24, 2.45) is 0 Å². The maximum absolute atomic E-state index is 12.2. The van der Waals surface area contributed by atoms with Crippen molar-refractivity contribution < 1.29 is 32.6 Å². The summed E-state index contributed by atoms with van der Waals surface area (Å²) >= 11 is 0. The minimum absolute atomic E-state index is 0. The van der Waals surface area contributed by atoms with Crippen LogP contribution >= 0.6 is 0 Å². The Balaban J connectivity index is 0.000000198. The molecule has 0 aromatic carbocycles. The average Bonchev–Trinajstić information content (AvgIpc) is 3.22. The van der Waals surface area contributed by atoms with Crippen molar-refractivity contribution >= 4 is 0 Å². The molecule has 4 aromatic rings. The molecule has 0 N–H and O–H groups in total. The number of hydrogen-bond acceptors (Lipinski definition) is 4. The summed E-state index contributed by atoms with van der Waals surface area (Å²) in [5.74, 6) is 0. The van der Waals surface area contributed by atoms with E-state index >= 15 is 0 Å². The van der Waals surface area contributed by atoms with E-state index in [0.29, 0.717) is 5.69 Å². The van der Waals surface area contributed by atoms with Gasteiger partial charge in [0.05, 0.1) is 11.4 Å². The van der Waals surface area contributed by atoms with Crippen molar-refractivity contribution in [2.45, 2.75) is 6.18 Å². The van der Waals surface area contributed by atoms with Crippen LogP contribution in [0.1, 0.15) is 5.69 Å². The van der Waals surface area contributed by atoms with Gasteiger partial charge in [-0.05, 0) is 42.5 Å². The molecule has 143 valence electrons. The van der Waals surface area contributed by atoms with E-state index in [0.717, 1.165) is 17.5 Å². The zero-order chi connectivity index (χ0) is 19.1. The van der Waals surface area contributed by atoms with Crippen LogP contribution in [0.4, 0.5) is 13.2 Å². The predicted molar refractivity (Wildman–Crippen MR) is 93.3 cm³/mol. The first-order chi connectivity index (χ1) is 13.0. The van der Waals surface area contributed by atoms with Crippen LogP contribution in [-0.4, -0.2) is 20.1 Å². The summed E-state index contributed by atoms with van der Waals surface area (Å²) in [6.07, 6.45) is 0.561. The summed E-state index contributed by atoms with van der Waals surface area (Å²) in [5, 5.41) is 6.47. The fourth-order valence-corrected chi connectivity index (χ4v) is 2.10. The molecule has 0 unspecified atom stereocenters. The van der Waals surface area contributed by atoms with Gasteiger partial charge in [-0.3, -0.25) is 15.0 Å². The van der Waals surface area contributed by atoms with Crippen LogP contribution in [0.5, 0.6) is 0 Å². The third-order valence-corrected chi connectivity index (χ3v) is 3.35. The van der Waals surface area contributed by atoms with Crippen LogP contribution in [0.3, 0.4) is 0 Å². The summed E-state index contributed by atoms with van der Waals surface area (Å²) in [6.45, 7) is 0. The van der Waals surface area contributed by atoms with Crippen molar-refractivity contribution in [3.05, 3.63) is 84.9 Å². The van der Waals surface area contributed by atoms with Crippen LogP contribution in [0, 0.1) is 0 Å². The van der Waals surface area contributed by atoms with E-state index in [-0.39, 0.29) is 25.2 Å².